The molecule has 0 bridgehead atoms. The minimum Gasteiger partial charge on any atom is -0.372 e. The molecule has 4 nitrogen and oxygen atoms in total. The van der Waals surface area contributed by atoms with Gasteiger partial charge >= 0.3 is 6.18 Å². The van der Waals surface area contributed by atoms with E-state index in [9.17, 15) is 18.0 Å². The van der Waals surface area contributed by atoms with E-state index in [0.717, 1.165) is 4.90 Å². The van der Waals surface area contributed by atoms with Gasteiger partial charge in [0.05, 0.1) is 0 Å². The van der Waals surface area contributed by atoms with Crippen molar-refractivity contribution in [1.29, 1.82) is 0 Å². The first kappa shape index (κ1) is 15.2. The quantitative estimate of drug-likeness (QED) is 0.813. The number of hydrogen-bond donors (Lipinski definition) is 1. The molecule has 0 saturated carbocycles. The Bertz CT molecular complexity index is 266. The molecule has 1 heterocycles. The molecule has 1 saturated heterocycles. The summed E-state index contributed by atoms with van der Waals surface area (Å²) in [6.07, 6.45) is -3.27. The van der Waals surface area contributed by atoms with Crippen LogP contribution in [0, 0.1) is 0 Å². The average Bonchev–Trinajstić information content (AvgIpc) is 2.33. The van der Waals surface area contributed by atoms with Gasteiger partial charge in [0.15, 0.2) is 0 Å². The normalized spacial score (nSPS) is 17.8. The van der Waals surface area contributed by atoms with Crippen molar-refractivity contribution >= 4 is 5.91 Å². The van der Waals surface area contributed by atoms with Gasteiger partial charge in [-0.05, 0) is 32.9 Å². The van der Waals surface area contributed by atoms with Gasteiger partial charge in [-0.15, -0.1) is 0 Å². The third-order valence-corrected chi connectivity index (χ3v) is 2.85. The van der Waals surface area contributed by atoms with E-state index in [-0.39, 0.29) is 12.6 Å². The standard InChI is InChI=1S/C11H19F3N2O2/c1-2-18-7-10(17)16(8-11(12,13)14)9-3-5-15-6-4-9/h9,15H,2-8H2,1H3. The van der Waals surface area contributed by atoms with Crippen molar-refractivity contribution < 1.29 is 22.7 Å². The Morgan fingerprint density at radius 3 is 2.50 bits per heavy atom. The SMILES string of the molecule is CCOCC(=O)N(CC(F)(F)F)C1CCNCC1. The number of halogens is 3. The zero-order valence-corrected chi connectivity index (χ0v) is 10.4. The Morgan fingerprint density at radius 1 is 1.39 bits per heavy atom. The predicted octanol–water partition coefficient (Wildman–Crippen LogP) is 1.17. The monoisotopic (exact) mass is 268 g/mol. The summed E-state index contributed by atoms with van der Waals surface area (Å²) in [6.45, 7) is 1.83. The summed E-state index contributed by atoms with van der Waals surface area (Å²) in [5, 5.41) is 3.06. The summed E-state index contributed by atoms with van der Waals surface area (Å²) in [5.41, 5.74) is 0. The molecule has 1 aliphatic heterocycles. The zero-order chi connectivity index (χ0) is 13.6. The first-order chi connectivity index (χ1) is 8.44. The summed E-state index contributed by atoms with van der Waals surface area (Å²) in [7, 11) is 0. The molecule has 1 fully saturated rings. The molecular formula is C11H19F3N2O2. The van der Waals surface area contributed by atoms with E-state index in [1.807, 2.05) is 0 Å². The molecule has 0 spiro atoms. The highest BCUT2D eigenvalue weighted by Crippen LogP contribution is 2.21. The highest BCUT2D eigenvalue weighted by molar-refractivity contribution is 5.77. The smallest absolute Gasteiger partial charge is 0.372 e. The third-order valence-electron chi connectivity index (χ3n) is 2.85. The Morgan fingerprint density at radius 2 is 2.00 bits per heavy atom. The van der Waals surface area contributed by atoms with Crippen LogP contribution in [0.4, 0.5) is 13.2 Å². The van der Waals surface area contributed by atoms with Crippen LogP contribution in [0.2, 0.25) is 0 Å². The van der Waals surface area contributed by atoms with Crippen LogP contribution in [-0.2, 0) is 9.53 Å². The van der Waals surface area contributed by atoms with Gasteiger partial charge in [-0.3, -0.25) is 4.79 Å². The maximum absolute atomic E-state index is 12.5. The van der Waals surface area contributed by atoms with Crippen LogP contribution >= 0.6 is 0 Å². The van der Waals surface area contributed by atoms with Gasteiger partial charge in [0.25, 0.3) is 0 Å². The number of amides is 1. The molecule has 0 aliphatic carbocycles. The number of nitrogens with zero attached hydrogens (tertiary/aromatic N) is 1. The van der Waals surface area contributed by atoms with E-state index < -0.39 is 18.6 Å². The van der Waals surface area contributed by atoms with E-state index in [2.05, 4.69) is 5.32 Å². The fourth-order valence-corrected chi connectivity index (χ4v) is 2.00. The lowest BCUT2D eigenvalue weighted by Crippen LogP contribution is -2.50. The molecule has 18 heavy (non-hydrogen) atoms. The van der Waals surface area contributed by atoms with Gasteiger partial charge in [-0.1, -0.05) is 0 Å². The summed E-state index contributed by atoms with van der Waals surface area (Å²) in [4.78, 5) is 12.7. The summed E-state index contributed by atoms with van der Waals surface area (Å²) >= 11 is 0. The van der Waals surface area contributed by atoms with Crippen molar-refractivity contribution in [2.45, 2.75) is 32.0 Å². The molecule has 0 aromatic carbocycles. The number of hydrogen-bond acceptors (Lipinski definition) is 3. The number of rotatable bonds is 5. The second-order valence-corrected chi connectivity index (χ2v) is 4.26. The van der Waals surface area contributed by atoms with Crippen molar-refractivity contribution in [2.75, 3.05) is 32.8 Å². The van der Waals surface area contributed by atoms with Gasteiger partial charge in [0.2, 0.25) is 5.91 Å². The van der Waals surface area contributed by atoms with Gasteiger partial charge in [-0.2, -0.15) is 13.2 Å². The lowest BCUT2D eigenvalue weighted by atomic mass is 10.0. The van der Waals surface area contributed by atoms with E-state index in [1.165, 1.54) is 0 Å². The molecule has 0 unspecified atom stereocenters. The van der Waals surface area contributed by atoms with Gasteiger partial charge in [0, 0.05) is 12.6 Å². The van der Waals surface area contributed by atoms with Crippen LogP contribution in [0.15, 0.2) is 0 Å². The van der Waals surface area contributed by atoms with E-state index >= 15 is 0 Å². The molecule has 0 radical (unpaired) electrons. The largest absolute Gasteiger partial charge is 0.406 e. The molecule has 1 rings (SSSR count). The Balaban J connectivity index is 2.63. The van der Waals surface area contributed by atoms with Crippen LogP contribution in [0.5, 0.6) is 0 Å². The lowest BCUT2D eigenvalue weighted by molar-refractivity contribution is -0.169. The van der Waals surface area contributed by atoms with Crippen molar-refractivity contribution in [2.24, 2.45) is 0 Å². The van der Waals surface area contributed by atoms with Gasteiger partial charge in [0.1, 0.15) is 13.2 Å². The highest BCUT2D eigenvalue weighted by atomic mass is 19.4. The van der Waals surface area contributed by atoms with Crippen molar-refractivity contribution in [3.8, 4) is 0 Å². The number of nitrogens with one attached hydrogen (secondary N) is 1. The average molecular weight is 268 g/mol. The molecular weight excluding hydrogens is 249 g/mol. The number of alkyl halides is 3. The van der Waals surface area contributed by atoms with Crippen LogP contribution in [0.3, 0.4) is 0 Å². The summed E-state index contributed by atoms with van der Waals surface area (Å²) in [5.74, 6) is -0.582. The first-order valence-corrected chi connectivity index (χ1v) is 6.08. The molecule has 1 aliphatic rings. The maximum atomic E-state index is 12.5. The molecule has 7 heteroatoms. The molecule has 106 valence electrons. The molecule has 1 amide bonds. The number of carbonyl (C=O) groups is 1. The van der Waals surface area contributed by atoms with Crippen molar-refractivity contribution in [3.63, 3.8) is 0 Å². The summed E-state index contributed by atoms with van der Waals surface area (Å²) < 4.78 is 42.4. The van der Waals surface area contributed by atoms with E-state index in [4.69, 9.17) is 4.74 Å². The number of piperidine rings is 1. The zero-order valence-electron chi connectivity index (χ0n) is 10.4. The number of ether oxygens (including phenoxy) is 1. The molecule has 0 atom stereocenters. The topological polar surface area (TPSA) is 41.6 Å². The first-order valence-electron chi connectivity index (χ1n) is 6.08. The molecule has 0 aromatic rings. The van der Waals surface area contributed by atoms with Crippen molar-refractivity contribution in [1.82, 2.24) is 10.2 Å². The predicted molar refractivity (Wildman–Crippen MR) is 60.2 cm³/mol. The van der Waals surface area contributed by atoms with Crippen LogP contribution in [0.1, 0.15) is 19.8 Å². The lowest BCUT2D eigenvalue weighted by Gasteiger charge is -2.35. The highest BCUT2D eigenvalue weighted by Gasteiger charge is 2.36. The van der Waals surface area contributed by atoms with Crippen LogP contribution in [-0.4, -0.2) is 55.9 Å². The van der Waals surface area contributed by atoms with Gasteiger partial charge < -0.3 is 15.0 Å². The minimum atomic E-state index is -4.37. The Kier molecular flexibility index (Phi) is 5.87. The molecule has 0 aromatic heterocycles. The summed E-state index contributed by atoms with van der Waals surface area (Å²) in [6, 6.07) is -0.346. The van der Waals surface area contributed by atoms with Crippen LogP contribution in [0.25, 0.3) is 0 Å². The Labute approximate surface area is 104 Å². The maximum Gasteiger partial charge on any atom is 0.406 e. The van der Waals surface area contributed by atoms with Crippen molar-refractivity contribution in [3.05, 3.63) is 0 Å². The second-order valence-electron chi connectivity index (χ2n) is 4.26. The van der Waals surface area contributed by atoms with E-state index in [0.29, 0.717) is 32.5 Å². The molecule has 1 N–H and O–H groups in total. The third kappa shape index (κ3) is 5.22. The van der Waals surface area contributed by atoms with Crippen LogP contribution < -0.4 is 5.32 Å². The number of carbonyl (C=O) groups excluding carboxylic acids is 1. The second kappa shape index (κ2) is 6.94. The minimum absolute atomic E-state index is 0.281. The van der Waals surface area contributed by atoms with Gasteiger partial charge in [-0.25, -0.2) is 0 Å². The Hall–Kier alpha value is -0.820. The fraction of sp³-hybridized carbons (Fsp3) is 0.909. The van der Waals surface area contributed by atoms with E-state index in [1.54, 1.807) is 6.92 Å². The fourth-order valence-electron chi connectivity index (χ4n) is 2.00.